The molecule has 0 amide bonds. The molecule has 0 aliphatic heterocycles. The van der Waals surface area contributed by atoms with Gasteiger partial charge in [-0.2, -0.15) is 0 Å². The number of rotatable bonds is 7. The van der Waals surface area contributed by atoms with Gasteiger partial charge in [0, 0.05) is 12.0 Å². The van der Waals surface area contributed by atoms with Crippen molar-refractivity contribution in [1.82, 2.24) is 0 Å². The molecule has 0 fully saturated rings. The summed E-state index contributed by atoms with van der Waals surface area (Å²) >= 11 is 0. The van der Waals surface area contributed by atoms with Crippen molar-refractivity contribution in [3.8, 4) is 0 Å². The fraction of sp³-hybridized carbons (Fsp3) is 0.714. The molecular weight excluding hydrogens is 260 g/mol. The fourth-order valence-electron chi connectivity index (χ4n) is 1.32. The van der Waals surface area contributed by atoms with Crippen LogP contribution in [0.1, 0.15) is 34.1 Å². The molecule has 0 rings (SSSR count). The highest BCUT2D eigenvalue weighted by atomic mass is 28.4. The largest absolute Gasteiger partial charge is 0.478 e. The number of carbonyl (C=O) groups is 2. The first kappa shape index (κ1) is 18.1. The molecule has 0 aliphatic rings. The van der Waals surface area contributed by atoms with Crippen LogP contribution in [0.25, 0.3) is 0 Å². The number of carboxylic acids is 1. The van der Waals surface area contributed by atoms with Crippen LogP contribution in [0.4, 0.5) is 0 Å². The van der Waals surface area contributed by atoms with Crippen LogP contribution >= 0.6 is 0 Å². The predicted molar refractivity (Wildman–Crippen MR) is 78.7 cm³/mol. The van der Waals surface area contributed by atoms with Gasteiger partial charge in [-0.25, -0.2) is 4.79 Å². The lowest BCUT2D eigenvalue weighted by atomic mass is 10.0. The molecule has 1 N–H and O–H groups in total. The number of hydrogen-bond donors (Lipinski definition) is 1. The highest BCUT2D eigenvalue weighted by Crippen LogP contribution is 2.38. The van der Waals surface area contributed by atoms with E-state index >= 15 is 0 Å². The fourth-order valence-corrected chi connectivity index (χ4v) is 2.74. The van der Waals surface area contributed by atoms with E-state index in [4.69, 9.17) is 9.53 Å². The summed E-state index contributed by atoms with van der Waals surface area (Å²) in [6, 6.07) is 0. The van der Waals surface area contributed by atoms with Gasteiger partial charge >= 0.3 is 5.97 Å². The topological polar surface area (TPSA) is 63.6 Å². The maximum Gasteiger partial charge on any atom is 0.327 e. The second-order valence-electron chi connectivity index (χ2n) is 6.39. The highest BCUT2D eigenvalue weighted by molar-refractivity contribution is 6.74. The van der Waals surface area contributed by atoms with Gasteiger partial charge in [-0.3, -0.25) is 0 Å². The average Bonchev–Trinajstić information content (AvgIpc) is 2.24. The molecule has 2 atom stereocenters. The molecule has 0 radical (unpaired) electrons. The van der Waals surface area contributed by atoms with Crippen LogP contribution in [-0.2, 0) is 14.0 Å². The van der Waals surface area contributed by atoms with Crippen molar-refractivity contribution in [3.63, 3.8) is 0 Å². The SMILES string of the molecule is C[C@@H](C=O)[C@H](C/C=C/C(=O)O)O[Si](C)(C)C(C)(C)C. The Balaban J connectivity index is 4.88. The van der Waals surface area contributed by atoms with E-state index in [1.54, 1.807) is 13.0 Å². The molecule has 0 saturated heterocycles. The molecule has 5 heteroatoms. The Morgan fingerprint density at radius 2 is 1.89 bits per heavy atom. The van der Waals surface area contributed by atoms with Gasteiger partial charge in [0.05, 0.1) is 6.10 Å². The van der Waals surface area contributed by atoms with Crippen LogP contribution in [-0.4, -0.2) is 31.8 Å². The van der Waals surface area contributed by atoms with E-state index in [2.05, 4.69) is 33.9 Å². The van der Waals surface area contributed by atoms with E-state index in [-0.39, 0.29) is 17.1 Å². The van der Waals surface area contributed by atoms with Gasteiger partial charge in [-0.05, 0) is 24.6 Å². The average molecular weight is 286 g/mol. The van der Waals surface area contributed by atoms with Crippen molar-refractivity contribution in [3.05, 3.63) is 12.2 Å². The Kier molecular flexibility index (Phi) is 6.66. The maximum atomic E-state index is 11.0. The van der Waals surface area contributed by atoms with Crippen molar-refractivity contribution >= 4 is 20.6 Å². The molecule has 0 aromatic rings. The first-order valence-corrected chi connectivity index (χ1v) is 9.44. The number of aldehydes is 1. The van der Waals surface area contributed by atoms with Crippen LogP contribution in [0.15, 0.2) is 12.2 Å². The first-order chi connectivity index (χ1) is 8.51. The third-order valence-electron chi connectivity index (χ3n) is 3.68. The van der Waals surface area contributed by atoms with Crippen LogP contribution in [0.5, 0.6) is 0 Å². The van der Waals surface area contributed by atoms with Gasteiger partial charge in [-0.15, -0.1) is 0 Å². The summed E-state index contributed by atoms with van der Waals surface area (Å²) < 4.78 is 6.20. The highest BCUT2D eigenvalue weighted by Gasteiger charge is 2.39. The third kappa shape index (κ3) is 6.16. The Bertz CT molecular complexity index is 342. The molecule has 0 heterocycles. The number of carboxylic acid groups (broad SMARTS) is 1. The van der Waals surface area contributed by atoms with Crippen LogP contribution < -0.4 is 0 Å². The normalized spacial score (nSPS) is 16.3. The van der Waals surface area contributed by atoms with Crippen LogP contribution in [0, 0.1) is 5.92 Å². The minimum absolute atomic E-state index is 0.0599. The van der Waals surface area contributed by atoms with E-state index in [1.807, 2.05) is 0 Å². The van der Waals surface area contributed by atoms with Gasteiger partial charge in [0.2, 0.25) is 0 Å². The second-order valence-corrected chi connectivity index (χ2v) is 11.1. The van der Waals surface area contributed by atoms with Crippen molar-refractivity contribution < 1.29 is 19.1 Å². The molecule has 19 heavy (non-hydrogen) atoms. The summed E-state index contributed by atoms with van der Waals surface area (Å²) in [4.78, 5) is 21.5. The van der Waals surface area contributed by atoms with E-state index in [0.29, 0.717) is 6.42 Å². The molecule has 0 aromatic heterocycles. The number of carbonyl (C=O) groups excluding carboxylic acids is 1. The Morgan fingerprint density at radius 1 is 1.37 bits per heavy atom. The van der Waals surface area contributed by atoms with Gasteiger partial charge in [0.1, 0.15) is 6.29 Å². The molecular formula is C14H26O4Si. The lowest BCUT2D eigenvalue weighted by Gasteiger charge is -2.40. The first-order valence-electron chi connectivity index (χ1n) is 6.54. The number of hydrogen-bond acceptors (Lipinski definition) is 3. The Labute approximate surface area is 117 Å². The molecule has 110 valence electrons. The molecule has 0 aromatic carbocycles. The van der Waals surface area contributed by atoms with Crippen LogP contribution in [0.2, 0.25) is 18.1 Å². The maximum absolute atomic E-state index is 11.0. The molecule has 0 bridgehead atoms. The summed E-state index contributed by atoms with van der Waals surface area (Å²) in [5, 5.41) is 8.66. The standard InChI is InChI=1S/C14H26O4Si/c1-11(10-15)12(8-7-9-13(16)17)18-19(5,6)14(2,3)4/h7,9-12H,8H2,1-6H3,(H,16,17)/b9-7+/t11-,12-/m0/s1. The lowest BCUT2D eigenvalue weighted by Crippen LogP contribution is -2.45. The second kappa shape index (κ2) is 7.00. The van der Waals surface area contributed by atoms with Gasteiger partial charge in [-0.1, -0.05) is 33.8 Å². The smallest absolute Gasteiger partial charge is 0.327 e. The van der Waals surface area contributed by atoms with Gasteiger partial charge < -0.3 is 14.3 Å². The van der Waals surface area contributed by atoms with Crippen LogP contribution in [0.3, 0.4) is 0 Å². The zero-order valence-electron chi connectivity index (χ0n) is 12.8. The molecule has 0 unspecified atom stereocenters. The van der Waals surface area contributed by atoms with E-state index in [0.717, 1.165) is 12.4 Å². The molecule has 0 saturated carbocycles. The monoisotopic (exact) mass is 286 g/mol. The van der Waals surface area contributed by atoms with Gasteiger partial charge in [0.15, 0.2) is 8.32 Å². The summed E-state index contributed by atoms with van der Waals surface area (Å²) in [6.07, 6.45) is 3.71. The molecule has 4 nitrogen and oxygen atoms in total. The molecule has 0 spiro atoms. The zero-order chi connectivity index (χ0) is 15.3. The van der Waals surface area contributed by atoms with Crippen molar-refractivity contribution in [2.24, 2.45) is 5.92 Å². The van der Waals surface area contributed by atoms with Crippen molar-refractivity contribution in [2.45, 2.75) is 58.4 Å². The Hall–Kier alpha value is -0.943. The van der Waals surface area contributed by atoms with E-state index in [1.165, 1.54) is 0 Å². The summed E-state index contributed by atoms with van der Waals surface area (Å²) in [7, 11) is -1.96. The summed E-state index contributed by atoms with van der Waals surface area (Å²) in [5.74, 6) is -1.22. The van der Waals surface area contributed by atoms with Crippen molar-refractivity contribution in [1.29, 1.82) is 0 Å². The minimum atomic E-state index is -1.96. The third-order valence-corrected chi connectivity index (χ3v) is 8.19. The summed E-state index contributed by atoms with van der Waals surface area (Å²) in [6.45, 7) is 12.5. The zero-order valence-corrected chi connectivity index (χ0v) is 13.8. The van der Waals surface area contributed by atoms with E-state index < -0.39 is 14.3 Å². The van der Waals surface area contributed by atoms with E-state index in [9.17, 15) is 9.59 Å². The quantitative estimate of drug-likeness (QED) is 0.443. The minimum Gasteiger partial charge on any atom is -0.478 e. The predicted octanol–water partition coefficient (Wildman–Crippen LogP) is 3.24. The number of aliphatic carboxylic acids is 1. The molecule has 0 aliphatic carbocycles. The van der Waals surface area contributed by atoms with Crippen molar-refractivity contribution in [2.75, 3.05) is 0 Å². The van der Waals surface area contributed by atoms with Gasteiger partial charge in [0.25, 0.3) is 0 Å². The Morgan fingerprint density at radius 3 is 2.26 bits per heavy atom. The lowest BCUT2D eigenvalue weighted by molar-refractivity contribution is -0.131. The summed E-state index contributed by atoms with van der Waals surface area (Å²) in [5.41, 5.74) is 0.